The zero-order chi connectivity index (χ0) is 15.1. The van der Waals surface area contributed by atoms with E-state index in [0.717, 1.165) is 16.7 Å². The molecule has 0 aliphatic rings. The molecule has 0 N–H and O–H groups in total. The van der Waals surface area contributed by atoms with Crippen molar-refractivity contribution in [3.05, 3.63) is 71.0 Å². The van der Waals surface area contributed by atoms with Gasteiger partial charge in [0.1, 0.15) is 5.82 Å². The molecule has 0 heterocycles. The third kappa shape index (κ3) is 4.77. The highest BCUT2D eigenvalue weighted by Crippen LogP contribution is 2.07. The quantitative estimate of drug-likeness (QED) is 0.637. The molecule has 0 saturated carbocycles. The van der Waals surface area contributed by atoms with Gasteiger partial charge in [0.05, 0.1) is 7.11 Å². The maximum absolute atomic E-state index is 12.8. The molecule has 2 aromatic carbocycles. The van der Waals surface area contributed by atoms with E-state index < -0.39 is 0 Å². The van der Waals surface area contributed by atoms with Crippen molar-refractivity contribution in [3.8, 4) is 11.8 Å². The largest absolute Gasteiger partial charge is 0.469 e. The van der Waals surface area contributed by atoms with Crippen LogP contribution in [0.5, 0.6) is 0 Å². The van der Waals surface area contributed by atoms with Crippen LogP contribution in [0.25, 0.3) is 0 Å². The van der Waals surface area contributed by atoms with Crippen LogP contribution in [0, 0.1) is 17.7 Å². The minimum absolute atomic E-state index is 0.213. The van der Waals surface area contributed by atoms with Crippen molar-refractivity contribution in [3.63, 3.8) is 0 Å². The molecule has 21 heavy (non-hydrogen) atoms. The van der Waals surface area contributed by atoms with E-state index in [-0.39, 0.29) is 11.8 Å². The second-order valence-electron chi connectivity index (χ2n) is 4.53. The van der Waals surface area contributed by atoms with Crippen LogP contribution in [0.1, 0.15) is 23.1 Å². The SMILES string of the molecule is COC(=O)CCc1ccc(C#Cc2ccc(F)cc2)cc1. The van der Waals surface area contributed by atoms with Crippen LogP contribution in [0.4, 0.5) is 4.39 Å². The Bertz CT molecular complexity index is 661. The normalized spacial score (nSPS) is 9.62. The molecule has 0 spiro atoms. The van der Waals surface area contributed by atoms with Crippen molar-refractivity contribution < 1.29 is 13.9 Å². The first-order valence-corrected chi connectivity index (χ1v) is 6.61. The number of ether oxygens (including phenoxy) is 1. The fraction of sp³-hybridized carbons (Fsp3) is 0.167. The van der Waals surface area contributed by atoms with E-state index >= 15 is 0 Å². The number of hydrogen-bond donors (Lipinski definition) is 0. The Morgan fingerprint density at radius 2 is 1.52 bits per heavy atom. The van der Waals surface area contributed by atoms with E-state index in [9.17, 15) is 9.18 Å². The third-order valence-electron chi connectivity index (χ3n) is 2.99. The highest BCUT2D eigenvalue weighted by atomic mass is 19.1. The molecule has 0 fully saturated rings. The van der Waals surface area contributed by atoms with Crippen molar-refractivity contribution >= 4 is 5.97 Å². The molecule has 0 atom stereocenters. The Morgan fingerprint density at radius 1 is 1.00 bits per heavy atom. The first-order chi connectivity index (χ1) is 10.2. The van der Waals surface area contributed by atoms with E-state index in [4.69, 9.17) is 0 Å². The number of benzene rings is 2. The average Bonchev–Trinajstić information content (AvgIpc) is 2.53. The van der Waals surface area contributed by atoms with Crippen LogP contribution in [0.3, 0.4) is 0 Å². The molecule has 0 unspecified atom stereocenters. The predicted molar refractivity (Wildman–Crippen MR) is 79.2 cm³/mol. The molecule has 106 valence electrons. The lowest BCUT2D eigenvalue weighted by atomic mass is 10.1. The molecule has 0 bridgehead atoms. The fourth-order valence-electron chi connectivity index (χ4n) is 1.78. The maximum atomic E-state index is 12.8. The summed E-state index contributed by atoms with van der Waals surface area (Å²) in [6.45, 7) is 0. The lowest BCUT2D eigenvalue weighted by molar-refractivity contribution is -0.140. The number of methoxy groups -OCH3 is 1. The Labute approximate surface area is 123 Å². The van der Waals surface area contributed by atoms with Gasteiger partial charge < -0.3 is 4.74 Å². The molecular formula is C18H15FO2. The Kier molecular flexibility index (Phi) is 5.11. The van der Waals surface area contributed by atoms with Gasteiger partial charge in [-0.05, 0) is 48.4 Å². The lowest BCUT2D eigenvalue weighted by Gasteiger charge is -2.00. The second-order valence-corrected chi connectivity index (χ2v) is 4.53. The fourth-order valence-corrected chi connectivity index (χ4v) is 1.78. The van der Waals surface area contributed by atoms with Crippen LogP contribution in [0.15, 0.2) is 48.5 Å². The molecule has 2 nitrogen and oxygen atoms in total. The first-order valence-electron chi connectivity index (χ1n) is 6.61. The number of hydrogen-bond acceptors (Lipinski definition) is 2. The molecule has 0 aliphatic heterocycles. The Hall–Kier alpha value is -2.60. The highest BCUT2D eigenvalue weighted by molar-refractivity contribution is 5.69. The van der Waals surface area contributed by atoms with Gasteiger partial charge in [-0.2, -0.15) is 0 Å². The summed E-state index contributed by atoms with van der Waals surface area (Å²) in [4.78, 5) is 11.1. The molecule has 0 radical (unpaired) electrons. The maximum Gasteiger partial charge on any atom is 0.305 e. The summed E-state index contributed by atoms with van der Waals surface area (Å²) < 4.78 is 17.4. The standard InChI is InChI=1S/C18H15FO2/c1-21-18(20)13-10-15-5-2-14(3-6-15)4-7-16-8-11-17(19)12-9-16/h2-3,5-6,8-9,11-12H,10,13H2,1H3. The lowest BCUT2D eigenvalue weighted by Crippen LogP contribution is -2.01. The number of esters is 1. The molecule has 0 aromatic heterocycles. The number of halogens is 1. The van der Waals surface area contributed by atoms with Crippen LogP contribution < -0.4 is 0 Å². The molecule has 2 aromatic rings. The summed E-state index contributed by atoms with van der Waals surface area (Å²) in [7, 11) is 1.39. The number of aryl methyl sites for hydroxylation is 1. The number of carbonyl (C=O) groups excluding carboxylic acids is 1. The van der Waals surface area contributed by atoms with E-state index in [2.05, 4.69) is 16.6 Å². The second kappa shape index (κ2) is 7.25. The monoisotopic (exact) mass is 282 g/mol. The van der Waals surface area contributed by atoms with Gasteiger partial charge in [-0.1, -0.05) is 24.0 Å². The predicted octanol–water partition coefficient (Wildman–Crippen LogP) is 3.33. The van der Waals surface area contributed by atoms with Crippen LogP contribution in [-0.4, -0.2) is 13.1 Å². The van der Waals surface area contributed by atoms with E-state index in [0.29, 0.717) is 12.8 Å². The van der Waals surface area contributed by atoms with Gasteiger partial charge in [-0.3, -0.25) is 4.79 Å². The zero-order valence-electron chi connectivity index (χ0n) is 11.7. The summed E-state index contributed by atoms with van der Waals surface area (Å²) >= 11 is 0. The molecule has 3 heteroatoms. The summed E-state index contributed by atoms with van der Waals surface area (Å²) in [5.74, 6) is 5.51. The van der Waals surface area contributed by atoms with Gasteiger partial charge >= 0.3 is 5.97 Å². The van der Waals surface area contributed by atoms with Crippen molar-refractivity contribution in [2.45, 2.75) is 12.8 Å². The first kappa shape index (κ1) is 14.8. The topological polar surface area (TPSA) is 26.3 Å². The summed E-state index contributed by atoms with van der Waals surface area (Å²) in [5, 5.41) is 0. The smallest absolute Gasteiger partial charge is 0.305 e. The van der Waals surface area contributed by atoms with Gasteiger partial charge in [-0.25, -0.2) is 4.39 Å². The van der Waals surface area contributed by atoms with Gasteiger partial charge in [0.15, 0.2) is 0 Å². The van der Waals surface area contributed by atoms with Crippen LogP contribution in [-0.2, 0) is 16.0 Å². The Morgan fingerprint density at radius 3 is 2.05 bits per heavy atom. The molecule has 0 amide bonds. The number of rotatable bonds is 3. The molecule has 0 aliphatic carbocycles. The highest BCUT2D eigenvalue weighted by Gasteiger charge is 2.00. The van der Waals surface area contributed by atoms with E-state index in [1.54, 1.807) is 12.1 Å². The van der Waals surface area contributed by atoms with Gasteiger partial charge in [-0.15, -0.1) is 0 Å². The van der Waals surface area contributed by atoms with E-state index in [1.807, 2.05) is 24.3 Å². The van der Waals surface area contributed by atoms with Crippen molar-refractivity contribution in [1.29, 1.82) is 0 Å². The third-order valence-corrected chi connectivity index (χ3v) is 2.99. The van der Waals surface area contributed by atoms with Crippen LogP contribution >= 0.6 is 0 Å². The van der Waals surface area contributed by atoms with Crippen LogP contribution in [0.2, 0.25) is 0 Å². The van der Waals surface area contributed by atoms with Crippen molar-refractivity contribution in [2.24, 2.45) is 0 Å². The zero-order valence-corrected chi connectivity index (χ0v) is 11.7. The van der Waals surface area contributed by atoms with E-state index in [1.165, 1.54) is 19.2 Å². The summed E-state index contributed by atoms with van der Waals surface area (Å²) in [5.41, 5.74) is 2.71. The number of carbonyl (C=O) groups is 1. The van der Waals surface area contributed by atoms with Gasteiger partial charge in [0.25, 0.3) is 0 Å². The summed E-state index contributed by atoms with van der Waals surface area (Å²) in [6, 6.07) is 13.8. The summed E-state index contributed by atoms with van der Waals surface area (Å²) in [6.07, 6.45) is 1.02. The Balaban J connectivity index is 1.99. The van der Waals surface area contributed by atoms with Gasteiger partial charge in [0, 0.05) is 17.5 Å². The van der Waals surface area contributed by atoms with Crippen molar-refractivity contribution in [1.82, 2.24) is 0 Å². The minimum atomic E-state index is -0.268. The minimum Gasteiger partial charge on any atom is -0.469 e. The van der Waals surface area contributed by atoms with Crippen molar-refractivity contribution in [2.75, 3.05) is 7.11 Å². The molecule has 0 saturated heterocycles. The van der Waals surface area contributed by atoms with Gasteiger partial charge in [0.2, 0.25) is 0 Å². The average molecular weight is 282 g/mol. The molecule has 2 rings (SSSR count). The molecular weight excluding hydrogens is 267 g/mol.